The fourth-order valence-electron chi connectivity index (χ4n) is 4.09. The third-order valence-electron chi connectivity index (χ3n) is 6.06. The van der Waals surface area contributed by atoms with Gasteiger partial charge in [-0.15, -0.1) is 0 Å². The Kier molecular flexibility index (Phi) is 5.60. The predicted molar refractivity (Wildman–Crippen MR) is 121 cm³/mol. The molecule has 3 aromatic rings. The summed E-state index contributed by atoms with van der Waals surface area (Å²) in [6.45, 7) is 8.17. The lowest BCUT2D eigenvalue weighted by molar-refractivity contribution is 0.0677. The van der Waals surface area contributed by atoms with Gasteiger partial charge in [0.2, 0.25) is 0 Å². The van der Waals surface area contributed by atoms with Gasteiger partial charge < -0.3 is 14.6 Å². The summed E-state index contributed by atoms with van der Waals surface area (Å²) >= 11 is 0. The number of carbonyl (C=O) groups excluding carboxylic acids is 1. The number of aromatic nitrogens is 3. The van der Waals surface area contributed by atoms with E-state index in [0.29, 0.717) is 31.2 Å². The lowest BCUT2D eigenvalue weighted by atomic mass is 9.92. The van der Waals surface area contributed by atoms with Crippen LogP contribution in [0.4, 0.5) is 0 Å². The topological polar surface area (TPSA) is 80.2 Å². The van der Waals surface area contributed by atoms with Crippen molar-refractivity contribution in [3.63, 3.8) is 0 Å². The molecular formula is C24H30N4O3. The number of likely N-dealkylation sites (tertiary alicyclic amines) is 1. The normalized spacial score (nSPS) is 15.4. The van der Waals surface area contributed by atoms with Crippen LogP contribution in [0.25, 0.3) is 10.9 Å². The van der Waals surface area contributed by atoms with Gasteiger partial charge in [0, 0.05) is 48.1 Å². The minimum absolute atomic E-state index is 0.00747. The van der Waals surface area contributed by atoms with Crippen LogP contribution in [-0.4, -0.2) is 45.5 Å². The maximum Gasteiger partial charge on any atom is 0.270 e. The van der Waals surface area contributed by atoms with E-state index in [4.69, 9.17) is 4.74 Å². The van der Waals surface area contributed by atoms with Crippen molar-refractivity contribution >= 4 is 16.8 Å². The molecule has 7 heteroatoms. The van der Waals surface area contributed by atoms with Gasteiger partial charge in [-0.25, -0.2) is 4.98 Å². The zero-order valence-electron chi connectivity index (χ0n) is 18.6. The van der Waals surface area contributed by atoms with E-state index in [0.717, 1.165) is 35.2 Å². The number of amides is 1. The first-order chi connectivity index (χ1) is 14.7. The van der Waals surface area contributed by atoms with E-state index in [2.05, 4.69) is 30.7 Å². The molecule has 0 unspecified atom stereocenters. The molecule has 3 heterocycles. The van der Waals surface area contributed by atoms with Crippen LogP contribution in [0, 0.1) is 5.92 Å². The molecule has 2 aromatic heterocycles. The molecule has 1 N–H and O–H groups in total. The molecule has 1 fully saturated rings. The zero-order chi connectivity index (χ0) is 22.2. The van der Waals surface area contributed by atoms with E-state index >= 15 is 0 Å². The van der Waals surface area contributed by atoms with E-state index in [9.17, 15) is 9.59 Å². The largest absolute Gasteiger partial charge is 0.497 e. The quantitative estimate of drug-likeness (QED) is 0.697. The molecule has 0 saturated carbocycles. The molecule has 164 valence electrons. The summed E-state index contributed by atoms with van der Waals surface area (Å²) in [7, 11) is 1.63. The number of nitrogens with zero attached hydrogens (tertiary/aromatic N) is 3. The Balaban J connectivity index is 1.38. The molecule has 4 rings (SSSR count). The van der Waals surface area contributed by atoms with E-state index < -0.39 is 0 Å². The molecule has 1 aliphatic rings. The van der Waals surface area contributed by atoms with Crippen molar-refractivity contribution in [1.29, 1.82) is 0 Å². The van der Waals surface area contributed by atoms with Gasteiger partial charge in [-0.05, 0) is 37.0 Å². The van der Waals surface area contributed by atoms with E-state index in [-0.39, 0.29) is 16.9 Å². The highest BCUT2D eigenvalue weighted by molar-refractivity contribution is 5.98. The van der Waals surface area contributed by atoms with E-state index in [1.165, 1.54) is 0 Å². The van der Waals surface area contributed by atoms with Gasteiger partial charge >= 0.3 is 0 Å². The number of ether oxygens (including phenoxy) is 1. The average molecular weight is 423 g/mol. The van der Waals surface area contributed by atoms with Crippen molar-refractivity contribution in [2.75, 3.05) is 20.2 Å². The molecule has 31 heavy (non-hydrogen) atoms. The minimum Gasteiger partial charge on any atom is -0.497 e. The number of methoxy groups -OCH3 is 1. The van der Waals surface area contributed by atoms with Crippen LogP contribution in [0.1, 0.15) is 49.8 Å². The van der Waals surface area contributed by atoms with Gasteiger partial charge in [0.25, 0.3) is 11.5 Å². The van der Waals surface area contributed by atoms with Crippen LogP contribution in [0.3, 0.4) is 0 Å². The standard InChI is InChI=1S/C24H30N4O3/c1-24(2,3)21-13-22(29)28(15-25-21)14-16-7-9-27(10-8-16)23(30)20-11-17-5-6-18(31-4)12-19(17)26-20/h5-6,11-13,15-16,26H,7-10,14H2,1-4H3. The number of benzene rings is 1. The van der Waals surface area contributed by atoms with Gasteiger partial charge in [0.1, 0.15) is 11.4 Å². The number of rotatable bonds is 4. The second kappa shape index (κ2) is 8.21. The number of carbonyl (C=O) groups is 1. The predicted octanol–water partition coefficient (Wildman–Crippen LogP) is 3.58. The monoisotopic (exact) mass is 422 g/mol. The Labute approximate surface area is 182 Å². The van der Waals surface area contributed by atoms with Gasteiger partial charge in [-0.2, -0.15) is 0 Å². The number of H-pyrrole nitrogens is 1. The molecule has 1 saturated heterocycles. The molecule has 0 spiro atoms. The third-order valence-corrected chi connectivity index (χ3v) is 6.06. The number of nitrogens with one attached hydrogen (secondary N) is 1. The van der Waals surface area contributed by atoms with Crippen LogP contribution in [0.5, 0.6) is 5.75 Å². The third kappa shape index (κ3) is 4.50. The Bertz CT molecular complexity index is 1150. The fraction of sp³-hybridized carbons (Fsp3) is 0.458. The van der Waals surface area contributed by atoms with Crippen molar-refractivity contribution in [2.24, 2.45) is 5.92 Å². The van der Waals surface area contributed by atoms with E-state index in [1.54, 1.807) is 24.1 Å². The highest BCUT2D eigenvalue weighted by Gasteiger charge is 2.25. The molecule has 1 aliphatic heterocycles. The number of hydrogen-bond acceptors (Lipinski definition) is 4. The molecule has 7 nitrogen and oxygen atoms in total. The van der Waals surface area contributed by atoms with Crippen molar-refractivity contribution in [2.45, 2.75) is 45.6 Å². The van der Waals surface area contributed by atoms with Gasteiger partial charge in [-0.1, -0.05) is 20.8 Å². The Morgan fingerprint density at radius 3 is 2.58 bits per heavy atom. The molecule has 1 aromatic carbocycles. The minimum atomic E-state index is -0.141. The fourth-order valence-corrected chi connectivity index (χ4v) is 4.09. The summed E-state index contributed by atoms with van der Waals surface area (Å²) < 4.78 is 6.95. The summed E-state index contributed by atoms with van der Waals surface area (Å²) in [5, 5.41) is 0.990. The zero-order valence-corrected chi connectivity index (χ0v) is 18.6. The smallest absolute Gasteiger partial charge is 0.270 e. The number of hydrogen-bond donors (Lipinski definition) is 1. The average Bonchev–Trinajstić information content (AvgIpc) is 3.17. The summed E-state index contributed by atoms with van der Waals surface area (Å²) in [6.07, 6.45) is 3.40. The second-order valence-electron chi connectivity index (χ2n) is 9.39. The lowest BCUT2D eigenvalue weighted by Crippen LogP contribution is -2.40. The SMILES string of the molecule is COc1ccc2cc(C(=O)N3CCC(Cn4cnc(C(C)(C)C)cc4=O)CC3)[nH]c2c1. The summed E-state index contributed by atoms with van der Waals surface area (Å²) in [5.74, 6) is 1.13. The van der Waals surface area contributed by atoms with Crippen molar-refractivity contribution in [3.05, 3.63) is 58.4 Å². The first-order valence-electron chi connectivity index (χ1n) is 10.8. The lowest BCUT2D eigenvalue weighted by Gasteiger charge is -2.32. The highest BCUT2D eigenvalue weighted by atomic mass is 16.5. The van der Waals surface area contributed by atoms with Gasteiger partial charge in [-0.3, -0.25) is 14.2 Å². The number of piperidine rings is 1. The summed E-state index contributed by atoms with van der Waals surface area (Å²) in [4.78, 5) is 35.1. The molecule has 0 atom stereocenters. The molecule has 0 aliphatic carbocycles. The number of aromatic amines is 1. The first kappa shape index (κ1) is 21.2. The number of fused-ring (bicyclic) bond motifs is 1. The van der Waals surface area contributed by atoms with Crippen LogP contribution in [0.2, 0.25) is 0 Å². The highest BCUT2D eigenvalue weighted by Crippen LogP contribution is 2.24. The van der Waals surface area contributed by atoms with Crippen molar-refractivity contribution in [1.82, 2.24) is 19.4 Å². The Morgan fingerprint density at radius 1 is 1.19 bits per heavy atom. The second-order valence-corrected chi connectivity index (χ2v) is 9.39. The maximum absolute atomic E-state index is 13.0. The van der Waals surface area contributed by atoms with Gasteiger partial charge in [0.05, 0.1) is 19.1 Å². The summed E-state index contributed by atoms with van der Waals surface area (Å²) in [6, 6.07) is 9.27. The van der Waals surface area contributed by atoms with Crippen LogP contribution < -0.4 is 10.3 Å². The van der Waals surface area contributed by atoms with Gasteiger partial charge in [0.15, 0.2) is 0 Å². The first-order valence-corrected chi connectivity index (χ1v) is 10.8. The van der Waals surface area contributed by atoms with Crippen LogP contribution in [-0.2, 0) is 12.0 Å². The molecular weight excluding hydrogens is 392 g/mol. The van der Waals surface area contributed by atoms with Crippen molar-refractivity contribution < 1.29 is 9.53 Å². The molecule has 0 radical (unpaired) electrons. The Hall–Kier alpha value is -3.09. The van der Waals surface area contributed by atoms with Crippen molar-refractivity contribution in [3.8, 4) is 5.75 Å². The maximum atomic E-state index is 13.0. The van der Waals surface area contributed by atoms with E-state index in [1.807, 2.05) is 29.2 Å². The molecule has 1 amide bonds. The molecule has 0 bridgehead atoms. The van der Waals surface area contributed by atoms with Crippen LogP contribution >= 0.6 is 0 Å². The van der Waals surface area contributed by atoms with Crippen LogP contribution in [0.15, 0.2) is 41.5 Å². The Morgan fingerprint density at radius 2 is 1.94 bits per heavy atom. The summed E-state index contributed by atoms with van der Waals surface area (Å²) in [5.41, 5.74) is 2.15.